The molecule has 0 spiro atoms. The zero-order valence-corrected chi connectivity index (χ0v) is 20.7. The number of Topliss-reactive ketones (excluding diaryl/α,β-unsaturated/α-hetero) is 3. The summed E-state index contributed by atoms with van der Waals surface area (Å²) in [7, 11) is 0. The van der Waals surface area contributed by atoms with Crippen LogP contribution in [-0.2, 0) is 20.8 Å². The third kappa shape index (κ3) is 2.93. The van der Waals surface area contributed by atoms with E-state index in [2.05, 4.69) is 11.8 Å². The molecule has 1 saturated carbocycles. The van der Waals surface area contributed by atoms with Crippen LogP contribution in [0.4, 0.5) is 0 Å². The van der Waals surface area contributed by atoms with E-state index >= 15 is 0 Å². The van der Waals surface area contributed by atoms with Gasteiger partial charge in [0, 0.05) is 27.9 Å². The van der Waals surface area contributed by atoms with Crippen LogP contribution in [0, 0.1) is 34.5 Å². The van der Waals surface area contributed by atoms with Crippen molar-refractivity contribution < 1.29 is 34.8 Å². The second-order valence-corrected chi connectivity index (χ2v) is 10.8. The molecule has 3 aliphatic carbocycles. The second kappa shape index (κ2) is 7.56. The van der Waals surface area contributed by atoms with Crippen LogP contribution >= 0.6 is 0 Å². The number of ketones is 3. The van der Waals surface area contributed by atoms with E-state index in [9.17, 15) is 34.8 Å². The summed E-state index contributed by atoms with van der Waals surface area (Å²) in [5.41, 5.74) is -4.64. The monoisotopic (exact) mass is 478 g/mol. The summed E-state index contributed by atoms with van der Waals surface area (Å²) in [6.45, 7) is 9.66. The molecule has 0 bridgehead atoms. The topological polar surface area (TPSA) is 132 Å². The molecule has 1 unspecified atom stereocenters. The van der Waals surface area contributed by atoms with E-state index < -0.39 is 56.8 Å². The number of phenolic OH excluding ortho intramolecular Hbond substituents is 1. The van der Waals surface area contributed by atoms with Crippen LogP contribution in [-0.4, -0.2) is 43.4 Å². The predicted octanol–water partition coefficient (Wildman–Crippen LogP) is 3.56. The fourth-order valence-electron chi connectivity index (χ4n) is 6.97. The van der Waals surface area contributed by atoms with Crippen molar-refractivity contribution in [3.8, 4) is 17.6 Å². The van der Waals surface area contributed by atoms with Crippen LogP contribution in [0.15, 0.2) is 29.0 Å². The van der Waals surface area contributed by atoms with Crippen LogP contribution in [0.2, 0.25) is 0 Å². The van der Waals surface area contributed by atoms with Crippen LogP contribution in [0.3, 0.4) is 0 Å². The Morgan fingerprint density at radius 3 is 2.31 bits per heavy atom. The van der Waals surface area contributed by atoms with E-state index in [1.165, 1.54) is 6.07 Å². The fourth-order valence-corrected chi connectivity index (χ4v) is 6.97. The number of fused-ring (bicyclic) bond motifs is 3. The highest BCUT2D eigenvalue weighted by Crippen LogP contribution is 2.65. The molecule has 0 saturated heterocycles. The molecular formula is C28H30O7. The van der Waals surface area contributed by atoms with Crippen molar-refractivity contribution in [2.24, 2.45) is 22.7 Å². The first-order valence-corrected chi connectivity index (χ1v) is 11.6. The van der Waals surface area contributed by atoms with Crippen LogP contribution in [0.25, 0.3) is 5.76 Å². The predicted molar refractivity (Wildman–Crippen MR) is 128 cm³/mol. The van der Waals surface area contributed by atoms with Gasteiger partial charge in [0.25, 0.3) is 0 Å². The van der Waals surface area contributed by atoms with Crippen molar-refractivity contribution in [1.29, 1.82) is 0 Å². The Morgan fingerprint density at radius 1 is 1.14 bits per heavy atom. The Hall–Kier alpha value is -3.37. The van der Waals surface area contributed by atoms with E-state index in [0.717, 1.165) is 6.92 Å². The average Bonchev–Trinajstić information content (AvgIpc) is 2.72. The molecule has 35 heavy (non-hydrogen) atoms. The van der Waals surface area contributed by atoms with Gasteiger partial charge >= 0.3 is 0 Å². The first kappa shape index (κ1) is 24.7. The van der Waals surface area contributed by atoms with Crippen molar-refractivity contribution >= 4 is 23.1 Å². The Kier molecular flexibility index (Phi) is 5.35. The maximum Gasteiger partial charge on any atom is 0.203 e. The highest BCUT2D eigenvalue weighted by Gasteiger charge is 2.72. The Bertz CT molecular complexity index is 1330. The number of rotatable bonds is 2. The quantitative estimate of drug-likeness (QED) is 0.377. The number of aliphatic hydroxyl groups excluding tert-OH is 2. The Morgan fingerprint density at radius 2 is 1.77 bits per heavy atom. The Labute approximate surface area is 204 Å². The van der Waals surface area contributed by atoms with E-state index in [0.29, 0.717) is 11.1 Å². The lowest BCUT2D eigenvalue weighted by Crippen LogP contribution is -2.69. The molecule has 4 rings (SSSR count). The molecule has 0 heterocycles. The van der Waals surface area contributed by atoms with E-state index in [1.54, 1.807) is 40.7 Å². The minimum absolute atomic E-state index is 0.0551. The summed E-state index contributed by atoms with van der Waals surface area (Å²) in [6.07, 6.45) is 0.264. The highest BCUT2D eigenvalue weighted by atomic mass is 16.3. The summed E-state index contributed by atoms with van der Waals surface area (Å²) in [4.78, 5) is 40.0. The van der Waals surface area contributed by atoms with Gasteiger partial charge in [0.2, 0.25) is 5.78 Å². The van der Waals surface area contributed by atoms with Gasteiger partial charge < -0.3 is 20.4 Å². The number of benzene rings is 1. The summed E-state index contributed by atoms with van der Waals surface area (Å²) in [5.74, 6) is 0.453. The van der Waals surface area contributed by atoms with Crippen molar-refractivity contribution in [3.05, 3.63) is 45.7 Å². The Balaban J connectivity index is 2.11. The van der Waals surface area contributed by atoms with Crippen LogP contribution in [0.5, 0.6) is 5.75 Å². The lowest BCUT2D eigenvalue weighted by molar-refractivity contribution is -0.178. The van der Waals surface area contributed by atoms with Gasteiger partial charge in [0.1, 0.15) is 22.8 Å². The highest BCUT2D eigenvalue weighted by molar-refractivity contribution is 6.24. The number of hydrogen-bond donors (Lipinski definition) is 4. The number of carbonyl (C=O) groups excluding carboxylic acids is 3. The molecule has 1 aromatic carbocycles. The first-order valence-electron chi connectivity index (χ1n) is 11.6. The molecular weight excluding hydrogens is 448 g/mol. The van der Waals surface area contributed by atoms with Crippen LogP contribution < -0.4 is 0 Å². The van der Waals surface area contributed by atoms with Gasteiger partial charge in [-0.1, -0.05) is 33.6 Å². The molecule has 184 valence electrons. The van der Waals surface area contributed by atoms with Gasteiger partial charge in [-0.05, 0) is 50.3 Å². The lowest BCUT2D eigenvalue weighted by Gasteiger charge is -2.59. The van der Waals surface area contributed by atoms with Gasteiger partial charge in [-0.25, -0.2) is 0 Å². The normalized spacial score (nSPS) is 32.1. The van der Waals surface area contributed by atoms with E-state index in [4.69, 9.17) is 0 Å². The SMILES string of the molecule is CC#Cc1ccc(O)c2c1C[C@]1(C)C[C@]3(C)C(C(C)C)C(=O)C(C(C)=O)=C(O)[C@]3(O)C(=O)C1=C2O. The van der Waals surface area contributed by atoms with Gasteiger partial charge in [-0.15, -0.1) is 5.92 Å². The zero-order chi connectivity index (χ0) is 26.2. The first-order chi connectivity index (χ1) is 16.2. The average molecular weight is 479 g/mol. The molecule has 1 fully saturated rings. The molecule has 3 aliphatic rings. The lowest BCUT2D eigenvalue weighted by atomic mass is 9.43. The minimum Gasteiger partial charge on any atom is -0.508 e. The number of hydrogen-bond acceptors (Lipinski definition) is 7. The molecule has 0 radical (unpaired) electrons. The summed E-state index contributed by atoms with van der Waals surface area (Å²) >= 11 is 0. The standard InChI is InChI=1S/C28H30O7/c1-7-8-15-9-10-17(30)19-16(15)11-26(5)12-27(6)20(13(2)3)22(31)18(14(4)29)24(33)28(27,35)25(34)21(26)23(19)32/h9-10,13,20,30,32-33,35H,11-12H2,1-6H3/t20?,26-,27-,28+/m1/s1. The third-order valence-electron chi connectivity index (χ3n) is 8.15. The fraction of sp³-hybridized carbons (Fsp3) is 0.464. The largest absolute Gasteiger partial charge is 0.508 e. The maximum atomic E-state index is 14.1. The van der Waals surface area contributed by atoms with Crippen molar-refractivity contribution in [3.63, 3.8) is 0 Å². The third-order valence-corrected chi connectivity index (χ3v) is 8.15. The summed E-state index contributed by atoms with van der Waals surface area (Å²) in [6, 6.07) is 3.02. The van der Waals surface area contributed by atoms with Crippen LogP contribution in [0.1, 0.15) is 64.7 Å². The van der Waals surface area contributed by atoms with Gasteiger partial charge in [0.15, 0.2) is 17.2 Å². The van der Waals surface area contributed by atoms with E-state index in [1.807, 2.05) is 0 Å². The number of aromatic hydroxyl groups is 1. The summed E-state index contributed by atoms with van der Waals surface area (Å²) in [5, 5.41) is 45.0. The molecule has 7 nitrogen and oxygen atoms in total. The minimum atomic E-state index is -2.60. The number of phenols is 1. The van der Waals surface area contributed by atoms with Crippen molar-refractivity contribution in [2.45, 2.75) is 60.0 Å². The number of aliphatic hydroxyl groups is 3. The molecule has 0 aromatic heterocycles. The van der Waals surface area contributed by atoms with Crippen molar-refractivity contribution in [1.82, 2.24) is 0 Å². The van der Waals surface area contributed by atoms with Crippen molar-refractivity contribution in [2.75, 3.05) is 0 Å². The smallest absolute Gasteiger partial charge is 0.203 e. The molecule has 4 N–H and O–H groups in total. The van der Waals surface area contributed by atoms with E-state index in [-0.39, 0.29) is 35.6 Å². The molecule has 7 heteroatoms. The molecule has 1 aromatic rings. The maximum absolute atomic E-state index is 14.1. The number of allylic oxidation sites excluding steroid dienone is 1. The molecule has 0 amide bonds. The molecule has 4 atom stereocenters. The molecule has 0 aliphatic heterocycles. The van der Waals surface area contributed by atoms with Gasteiger partial charge in [-0.2, -0.15) is 0 Å². The zero-order valence-electron chi connectivity index (χ0n) is 20.7. The second-order valence-electron chi connectivity index (χ2n) is 10.8. The van der Waals surface area contributed by atoms with Gasteiger partial charge in [0.05, 0.1) is 5.56 Å². The summed E-state index contributed by atoms with van der Waals surface area (Å²) < 4.78 is 0. The number of carbonyl (C=O) groups is 3. The van der Waals surface area contributed by atoms with Gasteiger partial charge in [-0.3, -0.25) is 14.4 Å².